The molecule has 0 N–H and O–H groups in total. The van der Waals surface area contributed by atoms with Gasteiger partial charge in [0, 0.05) is 16.5 Å². The second kappa shape index (κ2) is 9.13. The summed E-state index contributed by atoms with van der Waals surface area (Å²) >= 11 is 0. The lowest BCUT2D eigenvalue weighted by Crippen LogP contribution is -2.15. The Bertz CT molecular complexity index is 1930. The molecule has 6 rings (SSSR count). The Morgan fingerprint density at radius 1 is 0.649 bits per heavy atom. The molecule has 0 aliphatic heterocycles. The van der Waals surface area contributed by atoms with Crippen molar-refractivity contribution in [2.24, 2.45) is 0 Å². The van der Waals surface area contributed by atoms with Gasteiger partial charge in [0.25, 0.3) is 10.0 Å². The van der Waals surface area contributed by atoms with Gasteiger partial charge in [0.1, 0.15) is 5.69 Å². The predicted octanol–water partition coefficient (Wildman–Crippen LogP) is 7.41. The van der Waals surface area contributed by atoms with Crippen LogP contribution in [0.1, 0.15) is 16.8 Å². The Balaban J connectivity index is 1.77. The molecule has 0 saturated carbocycles. The van der Waals surface area contributed by atoms with Crippen LogP contribution in [0.5, 0.6) is 0 Å². The molecule has 0 bridgehead atoms. The highest BCUT2D eigenvalue weighted by Gasteiger charge is 2.27. The molecule has 1 aromatic heterocycles. The highest BCUT2D eigenvalue weighted by atomic mass is 32.2. The van der Waals surface area contributed by atoms with Gasteiger partial charge in [0.05, 0.1) is 10.4 Å². The monoisotopic (exact) mass is 497 g/mol. The lowest BCUT2D eigenvalue weighted by Gasteiger charge is -2.11. The first-order valence-corrected chi connectivity index (χ1v) is 13.5. The summed E-state index contributed by atoms with van der Waals surface area (Å²) in [4.78, 5) is 0.227. The number of aryl methyl sites for hydroxylation is 1. The Morgan fingerprint density at radius 3 is 1.92 bits per heavy atom. The van der Waals surface area contributed by atoms with Crippen LogP contribution in [0, 0.1) is 18.8 Å². The van der Waals surface area contributed by atoms with Gasteiger partial charge in [-0.05, 0) is 65.6 Å². The van der Waals surface area contributed by atoms with Crippen LogP contribution in [-0.4, -0.2) is 12.4 Å². The third-order valence-corrected chi connectivity index (χ3v) is 8.24. The second-order valence-electron chi connectivity index (χ2n) is 9.00. The normalized spacial score (nSPS) is 11.4. The maximum Gasteiger partial charge on any atom is 0.269 e. The van der Waals surface area contributed by atoms with Gasteiger partial charge in [0.2, 0.25) is 0 Å². The average Bonchev–Trinajstić information content (AvgIpc) is 3.25. The third-order valence-electron chi connectivity index (χ3n) is 6.51. The molecule has 0 amide bonds. The first-order chi connectivity index (χ1) is 18.0. The van der Waals surface area contributed by atoms with Crippen molar-refractivity contribution >= 4 is 31.7 Å². The van der Waals surface area contributed by atoms with Crippen molar-refractivity contribution < 1.29 is 8.42 Å². The van der Waals surface area contributed by atoms with Crippen LogP contribution in [0.15, 0.2) is 126 Å². The lowest BCUT2D eigenvalue weighted by molar-refractivity contribution is 0.588. The van der Waals surface area contributed by atoms with Gasteiger partial charge in [-0.2, -0.15) is 0 Å². The smallest absolute Gasteiger partial charge is 0.225 e. The summed E-state index contributed by atoms with van der Waals surface area (Å²) in [5.41, 5.74) is 4.59. The second-order valence-corrected chi connectivity index (χ2v) is 10.8. The Kier molecular flexibility index (Phi) is 5.64. The van der Waals surface area contributed by atoms with Crippen LogP contribution in [-0.2, 0) is 10.0 Å². The number of fused-ring (bicyclic) bond motifs is 2. The minimum Gasteiger partial charge on any atom is -0.225 e. The molecule has 0 radical (unpaired) electrons. The van der Waals surface area contributed by atoms with E-state index in [1.165, 1.54) is 3.97 Å². The molecular weight excluding hydrogens is 474 g/mol. The fraction of sp³-hybridized carbons (Fsp3) is 0.0303. The van der Waals surface area contributed by atoms with Gasteiger partial charge in [-0.25, -0.2) is 12.4 Å². The Hall–Kier alpha value is -4.59. The van der Waals surface area contributed by atoms with Crippen molar-refractivity contribution in [2.45, 2.75) is 11.8 Å². The van der Waals surface area contributed by atoms with E-state index in [0.29, 0.717) is 11.2 Å². The molecule has 37 heavy (non-hydrogen) atoms. The first kappa shape index (κ1) is 22.8. The number of aromatic nitrogens is 1. The summed E-state index contributed by atoms with van der Waals surface area (Å²) in [7, 11) is -3.96. The van der Waals surface area contributed by atoms with Gasteiger partial charge in [-0.3, -0.25) is 0 Å². The van der Waals surface area contributed by atoms with Crippen LogP contribution in [0.3, 0.4) is 0 Å². The minimum absolute atomic E-state index is 0.227. The van der Waals surface area contributed by atoms with Crippen molar-refractivity contribution in [2.75, 3.05) is 0 Å². The maximum absolute atomic E-state index is 14.3. The van der Waals surface area contributed by atoms with E-state index in [4.69, 9.17) is 0 Å². The van der Waals surface area contributed by atoms with E-state index in [-0.39, 0.29) is 4.90 Å². The highest BCUT2D eigenvalue weighted by Crippen LogP contribution is 2.39. The van der Waals surface area contributed by atoms with Crippen molar-refractivity contribution in [3.63, 3.8) is 0 Å². The number of rotatable bonds is 3. The predicted molar refractivity (Wildman–Crippen MR) is 151 cm³/mol. The maximum atomic E-state index is 14.3. The van der Waals surface area contributed by atoms with Crippen molar-refractivity contribution in [3.8, 4) is 23.0 Å². The standard InChI is InChI=1S/C33H23NO2S/c1-24-16-19-29(20-17-24)37(35,36)34-31(21-18-25-10-4-2-5-11-25)33(26-12-6-3-7-13-26)30-22-27-14-8-9-15-28(27)23-32(30)34/h2-17,19-20,22-23H,1H3. The Morgan fingerprint density at radius 2 is 1.24 bits per heavy atom. The number of nitrogens with zero attached hydrogens (tertiary/aromatic N) is 1. The molecule has 4 heteroatoms. The van der Waals surface area contributed by atoms with Gasteiger partial charge in [-0.15, -0.1) is 0 Å². The van der Waals surface area contributed by atoms with E-state index in [1.54, 1.807) is 12.1 Å². The van der Waals surface area contributed by atoms with E-state index in [1.807, 2.05) is 110 Å². The van der Waals surface area contributed by atoms with Crippen LogP contribution in [0.25, 0.3) is 32.8 Å². The largest absolute Gasteiger partial charge is 0.269 e. The molecule has 0 atom stereocenters. The van der Waals surface area contributed by atoms with Crippen LogP contribution in [0.4, 0.5) is 0 Å². The summed E-state index contributed by atoms with van der Waals surface area (Å²) in [6.45, 7) is 1.94. The van der Waals surface area contributed by atoms with Crippen molar-refractivity contribution in [1.82, 2.24) is 3.97 Å². The number of hydrogen-bond donors (Lipinski definition) is 0. The lowest BCUT2D eigenvalue weighted by atomic mass is 9.99. The molecule has 5 aromatic carbocycles. The van der Waals surface area contributed by atoms with E-state index >= 15 is 0 Å². The summed E-state index contributed by atoms with van der Waals surface area (Å²) < 4.78 is 30.0. The summed E-state index contributed by atoms with van der Waals surface area (Å²) in [5.74, 6) is 6.47. The van der Waals surface area contributed by atoms with Crippen LogP contribution >= 0.6 is 0 Å². The number of benzene rings is 5. The van der Waals surface area contributed by atoms with E-state index < -0.39 is 10.0 Å². The Labute approximate surface area is 216 Å². The molecule has 0 aliphatic carbocycles. The molecule has 6 aromatic rings. The molecule has 178 valence electrons. The van der Waals surface area contributed by atoms with Gasteiger partial charge in [0.15, 0.2) is 0 Å². The molecule has 3 nitrogen and oxygen atoms in total. The van der Waals surface area contributed by atoms with Gasteiger partial charge < -0.3 is 0 Å². The topological polar surface area (TPSA) is 39.1 Å². The van der Waals surface area contributed by atoms with E-state index in [9.17, 15) is 8.42 Å². The molecule has 0 saturated heterocycles. The van der Waals surface area contributed by atoms with Crippen LogP contribution in [0.2, 0.25) is 0 Å². The molecular formula is C33H23NO2S. The summed E-state index contributed by atoms with van der Waals surface area (Å²) in [6.07, 6.45) is 0. The minimum atomic E-state index is -3.96. The molecule has 0 spiro atoms. The highest BCUT2D eigenvalue weighted by molar-refractivity contribution is 7.90. The van der Waals surface area contributed by atoms with E-state index in [0.717, 1.165) is 38.4 Å². The summed E-state index contributed by atoms with van der Waals surface area (Å²) in [5, 5.41) is 2.85. The molecule has 0 aliphatic rings. The molecule has 0 unspecified atom stereocenters. The molecule has 1 heterocycles. The van der Waals surface area contributed by atoms with Gasteiger partial charge >= 0.3 is 0 Å². The zero-order valence-corrected chi connectivity index (χ0v) is 21.0. The van der Waals surface area contributed by atoms with Crippen LogP contribution < -0.4 is 0 Å². The average molecular weight is 498 g/mol. The number of hydrogen-bond acceptors (Lipinski definition) is 2. The zero-order valence-electron chi connectivity index (χ0n) is 20.2. The van der Waals surface area contributed by atoms with Crippen molar-refractivity contribution in [3.05, 3.63) is 138 Å². The SMILES string of the molecule is Cc1ccc(S(=O)(=O)n2c(C#Cc3ccccc3)c(-c3ccccc3)c3cc4ccccc4cc32)cc1. The molecule has 0 fully saturated rings. The third kappa shape index (κ3) is 4.10. The fourth-order valence-electron chi connectivity index (χ4n) is 4.67. The quantitative estimate of drug-likeness (QED) is 0.239. The first-order valence-electron chi connectivity index (χ1n) is 12.0. The summed E-state index contributed by atoms with van der Waals surface area (Å²) in [6, 6.07) is 38.5. The van der Waals surface area contributed by atoms with Gasteiger partial charge in [-0.1, -0.05) is 96.4 Å². The zero-order chi connectivity index (χ0) is 25.4. The van der Waals surface area contributed by atoms with E-state index in [2.05, 4.69) is 17.9 Å². The van der Waals surface area contributed by atoms with Crippen molar-refractivity contribution in [1.29, 1.82) is 0 Å². The fourth-order valence-corrected chi connectivity index (χ4v) is 6.15.